The topological polar surface area (TPSA) is 24.5 Å². The Morgan fingerprint density at radius 3 is 2.86 bits per heavy atom. The van der Waals surface area contributed by atoms with Crippen LogP contribution >= 0.6 is 23.4 Å². The molecule has 0 spiro atoms. The highest BCUT2D eigenvalue weighted by atomic mass is 35.5. The zero-order valence-electron chi connectivity index (χ0n) is 13.5. The lowest BCUT2D eigenvalue weighted by Crippen LogP contribution is -2.31. The first-order valence-electron chi connectivity index (χ1n) is 7.30. The van der Waals surface area contributed by atoms with Gasteiger partial charge in [0.1, 0.15) is 0 Å². The standard InChI is InChI=1S/C16H27ClN2OS/c1-13(7-10-21-4)19(2)16-6-5-15(17)11-14(16)12-18-8-9-20-3/h5-6,11,13,18H,7-10,12H2,1-4H3. The van der Waals surface area contributed by atoms with E-state index in [0.29, 0.717) is 6.04 Å². The summed E-state index contributed by atoms with van der Waals surface area (Å²) in [5.74, 6) is 1.18. The van der Waals surface area contributed by atoms with Crippen LogP contribution in [0.25, 0.3) is 0 Å². The molecule has 1 aromatic carbocycles. The molecule has 1 aromatic rings. The van der Waals surface area contributed by atoms with E-state index in [1.165, 1.54) is 23.4 Å². The maximum absolute atomic E-state index is 6.15. The van der Waals surface area contributed by atoms with Crippen molar-refractivity contribution in [1.29, 1.82) is 0 Å². The van der Waals surface area contributed by atoms with Gasteiger partial charge in [-0.3, -0.25) is 0 Å². The Labute approximate surface area is 138 Å². The Kier molecular flexibility index (Phi) is 9.16. The first-order valence-corrected chi connectivity index (χ1v) is 9.07. The molecule has 0 heterocycles. The van der Waals surface area contributed by atoms with Gasteiger partial charge < -0.3 is 15.0 Å². The summed E-state index contributed by atoms with van der Waals surface area (Å²) >= 11 is 8.04. The first-order chi connectivity index (χ1) is 10.1. The SMILES string of the molecule is COCCNCc1cc(Cl)ccc1N(C)C(C)CCSC. The van der Waals surface area contributed by atoms with Crippen molar-refractivity contribution in [1.82, 2.24) is 5.32 Å². The Morgan fingerprint density at radius 1 is 1.43 bits per heavy atom. The quantitative estimate of drug-likeness (QED) is 0.662. The molecule has 0 aliphatic carbocycles. The largest absolute Gasteiger partial charge is 0.383 e. The summed E-state index contributed by atoms with van der Waals surface area (Å²) in [5, 5.41) is 4.18. The Balaban J connectivity index is 2.74. The average molecular weight is 331 g/mol. The summed E-state index contributed by atoms with van der Waals surface area (Å²) in [7, 11) is 3.88. The first kappa shape index (κ1) is 18.6. The maximum atomic E-state index is 6.15. The molecular formula is C16H27ClN2OS. The van der Waals surface area contributed by atoms with Gasteiger partial charge in [0.05, 0.1) is 6.61 Å². The fourth-order valence-corrected chi connectivity index (χ4v) is 2.93. The number of ether oxygens (including phenoxy) is 1. The van der Waals surface area contributed by atoms with E-state index < -0.39 is 0 Å². The molecule has 0 amide bonds. The van der Waals surface area contributed by atoms with Gasteiger partial charge >= 0.3 is 0 Å². The number of anilines is 1. The number of nitrogens with one attached hydrogen (secondary N) is 1. The highest BCUT2D eigenvalue weighted by Crippen LogP contribution is 2.26. The van der Waals surface area contributed by atoms with Gasteiger partial charge in [-0.1, -0.05) is 11.6 Å². The van der Waals surface area contributed by atoms with Gasteiger partial charge in [-0.15, -0.1) is 0 Å². The van der Waals surface area contributed by atoms with E-state index in [0.717, 1.165) is 24.7 Å². The molecule has 0 aromatic heterocycles. The van der Waals surface area contributed by atoms with Gasteiger partial charge in [0.2, 0.25) is 0 Å². The van der Waals surface area contributed by atoms with Gasteiger partial charge in [-0.2, -0.15) is 11.8 Å². The zero-order chi connectivity index (χ0) is 15.7. The Bertz CT molecular complexity index is 417. The molecule has 0 fully saturated rings. The smallest absolute Gasteiger partial charge is 0.0587 e. The Morgan fingerprint density at radius 2 is 2.19 bits per heavy atom. The molecule has 5 heteroatoms. The number of nitrogens with zero attached hydrogens (tertiary/aromatic N) is 1. The molecule has 0 aliphatic heterocycles. The van der Waals surface area contributed by atoms with Crippen LogP contribution in [-0.4, -0.2) is 45.4 Å². The summed E-state index contributed by atoms with van der Waals surface area (Å²) < 4.78 is 5.06. The Hall–Kier alpha value is -0.420. The number of hydrogen-bond donors (Lipinski definition) is 1. The summed E-state index contributed by atoms with van der Waals surface area (Å²) in [6.07, 6.45) is 3.33. The molecular weight excluding hydrogens is 304 g/mol. The van der Waals surface area contributed by atoms with Crippen LogP contribution in [0.4, 0.5) is 5.69 Å². The highest BCUT2D eigenvalue weighted by molar-refractivity contribution is 7.98. The fraction of sp³-hybridized carbons (Fsp3) is 0.625. The minimum Gasteiger partial charge on any atom is -0.383 e. The molecule has 0 saturated heterocycles. The molecule has 1 rings (SSSR count). The summed E-state index contributed by atoms with van der Waals surface area (Å²) in [5.41, 5.74) is 2.48. The second-order valence-corrected chi connectivity index (χ2v) is 6.61. The van der Waals surface area contributed by atoms with E-state index in [2.05, 4.69) is 42.6 Å². The minimum atomic E-state index is 0.511. The molecule has 0 saturated carbocycles. The van der Waals surface area contributed by atoms with Crippen LogP contribution in [0.1, 0.15) is 18.9 Å². The van der Waals surface area contributed by atoms with Crippen molar-refractivity contribution in [2.45, 2.75) is 25.9 Å². The highest BCUT2D eigenvalue weighted by Gasteiger charge is 2.13. The number of thioether (sulfide) groups is 1. The number of methoxy groups -OCH3 is 1. The van der Waals surface area contributed by atoms with E-state index in [4.69, 9.17) is 16.3 Å². The normalized spacial score (nSPS) is 12.4. The third-order valence-corrected chi connectivity index (χ3v) is 4.50. The maximum Gasteiger partial charge on any atom is 0.0587 e. The lowest BCUT2D eigenvalue weighted by Gasteiger charge is -2.29. The fourth-order valence-electron chi connectivity index (χ4n) is 2.16. The van der Waals surface area contributed by atoms with Crippen LogP contribution in [0.3, 0.4) is 0 Å². The molecule has 1 N–H and O–H groups in total. The van der Waals surface area contributed by atoms with Gasteiger partial charge in [0.25, 0.3) is 0 Å². The molecule has 3 nitrogen and oxygen atoms in total. The van der Waals surface area contributed by atoms with Crippen LogP contribution in [0.2, 0.25) is 5.02 Å². The number of hydrogen-bond acceptors (Lipinski definition) is 4. The van der Waals surface area contributed by atoms with Crippen LogP contribution in [0.5, 0.6) is 0 Å². The monoisotopic (exact) mass is 330 g/mol. The van der Waals surface area contributed by atoms with E-state index in [-0.39, 0.29) is 0 Å². The summed E-state index contributed by atoms with van der Waals surface area (Å²) in [6.45, 7) is 4.63. The predicted molar refractivity (Wildman–Crippen MR) is 95.9 cm³/mol. The van der Waals surface area contributed by atoms with Gasteiger partial charge in [0.15, 0.2) is 0 Å². The third kappa shape index (κ3) is 6.47. The van der Waals surface area contributed by atoms with Crippen LogP contribution in [0, 0.1) is 0 Å². The molecule has 21 heavy (non-hydrogen) atoms. The lowest BCUT2D eigenvalue weighted by molar-refractivity contribution is 0.199. The van der Waals surface area contributed by atoms with E-state index >= 15 is 0 Å². The molecule has 0 radical (unpaired) electrons. The zero-order valence-corrected chi connectivity index (χ0v) is 15.1. The van der Waals surface area contributed by atoms with Crippen molar-refractivity contribution < 1.29 is 4.74 Å². The second-order valence-electron chi connectivity index (χ2n) is 5.18. The van der Waals surface area contributed by atoms with E-state index in [9.17, 15) is 0 Å². The number of rotatable bonds is 10. The average Bonchev–Trinajstić information content (AvgIpc) is 2.48. The van der Waals surface area contributed by atoms with Gasteiger partial charge in [-0.05, 0) is 49.1 Å². The van der Waals surface area contributed by atoms with Crippen molar-refractivity contribution >= 4 is 29.1 Å². The van der Waals surface area contributed by atoms with Gasteiger partial charge in [0, 0.05) is 44.0 Å². The molecule has 1 unspecified atom stereocenters. The second kappa shape index (κ2) is 10.3. The van der Waals surface area contributed by atoms with Gasteiger partial charge in [-0.25, -0.2) is 0 Å². The molecule has 1 atom stereocenters. The van der Waals surface area contributed by atoms with Crippen LogP contribution < -0.4 is 10.2 Å². The number of benzene rings is 1. The van der Waals surface area contributed by atoms with E-state index in [1.807, 2.05) is 17.8 Å². The number of halogens is 1. The molecule has 120 valence electrons. The lowest BCUT2D eigenvalue weighted by atomic mass is 10.1. The predicted octanol–water partition coefficient (Wildman–Crippen LogP) is 3.65. The third-order valence-electron chi connectivity index (χ3n) is 3.62. The molecule has 0 aliphatic rings. The summed E-state index contributed by atoms with van der Waals surface area (Å²) in [4.78, 5) is 2.35. The van der Waals surface area contributed by atoms with Crippen molar-refractivity contribution in [2.75, 3.05) is 44.2 Å². The van der Waals surface area contributed by atoms with Crippen molar-refractivity contribution in [3.63, 3.8) is 0 Å². The van der Waals surface area contributed by atoms with E-state index in [1.54, 1.807) is 7.11 Å². The molecule has 0 bridgehead atoms. The van der Waals surface area contributed by atoms with Crippen LogP contribution in [0.15, 0.2) is 18.2 Å². The van der Waals surface area contributed by atoms with Crippen molar-refractivity contribution in [2.24, 2.45) is 0 Å². The van der Waals surface area contributed by atoms with Crippen molar-refractivity contribution in [3.05, 3.63) is 28.8 Å². The summed E-state index contributed by atoms with van der Waals surface area (Å²) in [6, 6.07) is 6.64. The van der Waals surface area contributed by atoms with Crippen LogP contribution in [-0.2, 0) is 11.3 Å². The van der Waals surface area contributed by atoms with Crippen molar-refractivity contribution in [3.8, 4) is 0 Å². The minimum absolute atomic E-state index is 0.511.